The number of carboxylic acid groups (broad SMARTS) is 1. The Hall–Kier alpha value is -1.26. The lowest BCUT2D eigenvalue weighted by atomic mass is 9.80. The van der Waals surface area contributed by atoms with Crippen LogP contribution in [-0.4, -0.2) is 27.8 Å². The van der Waals surface area contributed by atoms with Crippen LogP contribution in [0.4, 0.5) is 0 Å². The summed E-state index contributed by atoms with van der Waals surface area (Å²) in [6.07, 6.45) is 0.980. The molecule has 1 rings (SSSR count). The molecule has 6 heteroatoms. The molecule has 2 atom stereocenters. The lowest BCUT2D eigenvalue weighted by molar-refractivity contribution is -0.149. The van der Waals surface area contributed by atoms with Gasteiger partial charge in [-0.1, -0.05) is 18.0 Å². The first-order valence-corrected chi connectivity index (χ1v) is 4.11. The highest BCUT2D eigenvalue weighted by molar-refractivity contribution is 5.80. The van der Waals surface area contributed by atoms with Gasteiger partial charge in [-0.15, -0.1) is 0 Å². The predicted octanol–water partition coefficient (Wildman–Crippen LogP) is 1.05. The number of nitrogens with zero attached hydrogens (tertiary/aromatic N) is 3. The van der Waals surface area contributed by atoms with Crippen LogP contribution in [0.1, 0.15) is 25.7 Å². The highest BCUT2D eigenvalue weighted by atomic mass is 16.4. The van der Waals surface area contributed by atoms with Crippen molar-refractivity contribution < 1.29 is 15.0 Å². The van der Waals surface area contributed by atoms with E-state index in [2.05, 4.69) is 10.0 Å². The van der Waals surface area contributed by atoms with Crippen LogP contribution in [0.25, 0.3) is 10.4 Å². The van der Waals surface area contributed by atoms with Crippen molar-refractivity contribution in [1.29, 1.82) is 0 Å². The zero-order chi connectivity index (χ0) is 9.90. The summed E-state index contributed by atoms with van der Waals surface area (Å²) in [7, 11) is 0. The van der Waals surface area contributed by atoms with Crippen molar-refractivity contribution in [2.45, 2.75) is 37.3 Å². The molecule has 13 heavy (non-hydrogen) atoms. The molecule has 1 fully saturated rings. The van der Waals surface area contributed by atoms with Crippen molar-refractivity contribution in [1.82, 2.24) is 0 Å². The van der Waals surface area contributed by atoms with Crippen LogP contribution in [0.3, 0.4) is 0 Å². The molecule has 0 radical (unpaired) electrons. The molecule has 0 aromatic rings. The molecule has 1 aliphatic carbocycles. The Morgan fingerprint density at radius 1 is 1.62 bits per heavy atom. The van der Waals surface area contributed by atoms with Gasteiger partial charge in [-0.3, -0.25) is 4.79 Å². The molecule has 0 heterocycles. The number of carbonyl (C=O) groups is 1. The smallest absolute Gasteiger partial charge is 0.318 e. The van der Waals surface area contributed by atoms with Crippen LogP contribution in [0.2, 0.25) is 0 Å². The number of carboxylic acids is 1. The van der Waals surface area contributed by atoms with Crippen molar-refractivity contribution in [2.24, 2.45) is 5.11 Å². The maximum absolute atomic E-state index is 10.9. The molecule has 1 saturated carbocycles. The topological polar surface area (TPSA) is 106 Å². The van der Waals surface area contributed by atoms with E-state index in [9.17, 15) is 9.90 Å². The van der Waals surface area contributed by atoms with Gasteiger partial charge in [-0.05, 0) is 18.4 Å². The number of hydrogen-bond acceptors (Lipinski definition) is 3. The monoisotopic (exact) mass is 185 g/mol. The molecular weight excluding hydrogens is 174 g/mol. The number of aliphatic hydroxyl groups is 1. The largest absolute Gasteiger partial charge is 0.481 e. The normalized spacial score (nSPS) is 33.5. The third-order valence-electron chi connectivity index (χ3n) is 2.43. The molecule has 6 nitrogen and oxygen atoms in total. The summed E-state index contributed by atoms with van der Waals surface area (Å²) < 4.78 is 0. The minimum atomic E-state index is -1.63. The minimum absolute atomic E-state index is 0.216. The van der Waals surface area contributed by atoms with E-state index in [0.29, 0.717) is 12.8 Å². The molecule has 0 amide bonds. The van der Waals surface area contributed by atoms with Crippen LogP contribution < -0.4 is 0 Å². The fourth-order valence-corrected chi connectivity index (χ4v) is 1.63. The van der Waals surface area contributed by atoms with Crippen LogP contribution >= 0.6 is 0 Å². The van der Waals surface area contributed by atoms with Gasteiger partial charge in [0.05, 0.1) is 6.10 Å². The minimum Gasteiger partial charge on any atom is -0.481 e. The van der Waals surface area contributed by atoms with E-state index in [1.54, 1.807) is 0 Å². The van der Waals surface area contributed by atoms with Crippen molar-refractivity contribution in [2.75, 3.05) is 0 Å². The molecule has 0 saturated heterocycles. The third-order valence-corrected chi connectivity index (χ3v) is 2.43. The van der Waals surface area contributed by atoms with Gasteiger partial charge in [0.25, 0.3) is 0 Å². The molecule has 0 unspecified atom stereocenters. The molecule has 0 aliphatic heterocycles. The number of aliphatic hydroxyl groups excluding tert-OH is 1. The predicted molar refractivity (Wildman–Crippen MR) is 44.0 cm³/mol. The van der Waals surface area contributed by atoms with E-state index in [1.165, 1.54) is 0 Å². The van der Waals surface area contributed by atoms with Gasteiger partial charge >= 0.3 is 5.97 Å². The van der Waals surface area contributed by atoms with Crippen LogP contribution in [-0.2, 0) is 4.79 Å². The van der Waals surface area contributed by atoms with Gasteiger partial charge in [0.2, 0.25) is 0 Å². The number of hydrogen-bond donors (Lipinski definition) is 2. The summed E-state index contributed by atoms with van der Waals surface area (Å²) in [5.74, 6) is -1.24. The molecule has 72 valence electrons. The fraction of sp³-hybridized carbons (Fsp3) is 0.857. The highest BCUT2D eigenvalue weighted by Crippen LogP contribution is 2.32. The summed E-state index contributed by atoms with van der Waals surface area (Å²) in [6.45, 7) is 0. The lowest BCUT2D eigenvalue weighted by Gasteiger charge is -2.33. The second kappa shape index (κ2) is 3.64. The maximum Gasteiger partial charge on any atom is 0.318 e. The Labute approximate surface area is 74.8 Å². The summed E-state index contributed by atoms with van der Waals surface area (Å²) in [5, 5.41) is 21.6. The van der Waals surface area contributed by atoms with Gasteiger partial charge in [0.15, 0.2) is 5.54 Å². The average Bonchev–Trinajstić information content (AvgIpc) is 2.09. The van der Waals surface area contributed by atoms with Gasteiger partial charge in [-0.25, -0.2) is 0 Å². The molecule has 0 aromatic carbocycles. The highest BCUT2D eigenvalue weighted by Gasteiger charge is 2.46. The summed E-state index contributed by atoms with van der Waals surface area (Å²) in [5.41, 5.74) is 6.60. The van der Waals surface area contributed by atoms with Crippen molar-refractivity contribution in [3.63, 3.8) is 0 Å². The fourth-order valence-electron chi connectivity index (χ4n) is 1.63. The Morgan fingerprint density at radius 2 is 2.31 bits per heavy atom. The zero-order valence-electron chi connectivity index (χ0n) is 7.05. The quantitative estimate of drug-likeness (QED) is 0.381. The SMILES string of the molecule is [N-]=[N+]=N[C@]1(C(=O)O)CCCC[C@H]1O. The summed E-state index contributed by atoms with van der Waals surface area (Å²) >= 11 is 0. The van der Waals surface area contributed by atoms with E-state index < -0.39 is 17.6 Å². The molecule has 0 aromatic heterocycles. The second-order valence-corrected chi connectivity index (χ2v) is 3.18. The van der Waals surface area contributed by atoms with Crippen molar-refractivity contribution in [3.05, 3.63) is 10.4 Å². The van der Waals surface area contributed by atoms with E-state index in [-0.39, 0.29) is 6.42 Å². The first-order valence-electron chi connectivity index (χ1n) is 4.11. The first-order chi connectivity index (χ1) is 6.13. The second-order valence-electron chi connectivity index (χ2n) is 3.18. The standard InChI is InChI=1S/C7H11N3O3/c8-10-9-7(6(12)13)4-2-1-3-5(7)11/h5,11H,1-4H2,(H,12,13)/t5-,7-/m1/s1. The van der Waals surface area contributed by atoms with Gasteiger partial charge in [-0.2, -0.15) is 0 Å². The number of aliphatic carboxylic acids is 1. The van der Waals surface area contributed by atoms with Gasteiger partial charge in [0.1, 0.15) is 0 Å². The van der Waals surface area contributed by atoms with Crippen molar-refractivity contribution >= 4 is 5.97 Å². The molecule has 0 bridgehead atoms. The van der Waals surface area contributed by atoms with Gasteiger partial charge < -0.3 is 10.2 Å². The Kier molecular flexibility index (Phi) is 2.75. The zero-order valence-corrected chi connectivity index (χ0v) is 7.05. The third kappa shape index (κ3) is 1.59. The summed E-state index contributed by atoms with van der Waals surface area (Å²) in [4.78, 5) is 13.3. The van der Waals surface area contributed by atoms with Gasteiger partial charge in [0, 0.05) is 4.91 Å². The number of azide groups is 1. The van der Waals surface area contributed by atoms with E-state index >= 15 is 0 Å². The average molecular weight is 185 g/mol. The Morgan fingerprint density at radius 3 is 2.77 bits per heavy atom. The van der Waals surface area contributed by atoms with Crippen LogP contribution in [0, 0.1) is 0 Å². The van der Waals surface area contributed by atoms with Crippen LogP contribution in [0.5, 0.6) is 0 Å². The molecule has 1 aliphatic rings. The molecule has 0 spiro atoms. The summed E-state index contributed by atoms with van der Waals surface area (Å²) in [6, 6.07) is 0. The maximum atomic E-state index is 10.9. The Balaban J connectivity index is 2.99. The molecule has 2 N–H and O–H groups in total. The first kappa shape index (κ1) is 9.83. The van der Waals surface area contributed by atoms with E-state index in [4.69, 9.17) is 10.6 Å². The molecular formula is C7H11N3O3. The number of rotatable bonds is 2. The lowest BCUT2D eigenvalue weighted by Crippen LogP contribution is -2.49. The van der Waals surface area contributed by atoms with Crippen LogP contribution in [0.15, 0.2) is 5.11 Å². The van der Waals surface area contributed by atoms with E-state index in [0.717, 1.165) is 6.42 Å². The Bertz CT molecular complexity index is 258. The van der Waals surface area contributed by atoms with Crippen molar-refractivity contribution in [3.8, 4) is 0 Å². The van der Waals surface area contributed by atoms with E-state index in [1.807, 2.05) is 0 Å².